The average molecular weight is 734 g/mol. The molecule has 2 aliphatic heterocycles. The second kappa shape index (κ2) is 16.2. The number of rotatable bonds is 5. The van der Waals surface area contributed by atoms with Gasteiger partial charge in [-0.2, -0.15) is 26.3 Å². The maximum atomic E-state index is 12.7. The minimum Gasteiger partial charge on any atom is -0.384 e. The Labute approximate surface area is 285 Å². The van der Waals surface area contributed by atoms with E-state index in [1.807, 2.05) is 0 Å². The van der Waals surface area contributed by atoms with E-state index >= 15 is 0 Å². The quantitative estimate of drug-likeness (QED) is 0.163. The Morgan fingerprint density at radius 3 is 1.33 bits per heavy atom. The lowest BCUT2D eigenvalue weighted by Gasteiger charge is -2.17. The summed E-state index contributed by atoms with van der Waals surface area (Å²) in [5, 5.41) is -0.508. The van der Waals surface area contributed by atoms with Crippen molar-refractivity contribution in [2.24, 2.45) is 11.8 Å². The van der Waals surface area contributed by atoms with Gasteiger partial charge in [-0.15, -0.1) is 11.6 Å². The zero-order valence-corrected chi connectivity index (χ0v) is 26.8. The van der Waals surface area contributed by atoms with Crippen molar-refractivity contribution in [1.29, 1.82) is 0 Å². The van der Waals surface area contributed by atoms with E-state index in [0.29, 0.717) is 34.4 Å². The Kier molecular flexibility index (Phi) is 12.3. The van der Waals surface area contributed by atoms with Gasteiger partial charge in [-0.1, -0.05) is 0 Å². The number of nitrogens with zero attached hydrogens (tertiary/aromatic N) is 10. The molecule has 262 valence electrons. The molecule has 0 spiro atoms. The molecule has 0 bridgehead atoms. The highest BCUT2D eigenvalue weighted by Gasteiger charge is 2.45. The van der Waals surface area contributed by atoms with Gasteiger partial charge in [0.05, 0.1) is 28.8 Å². The smallest absolute Gasteiger partial charge is 0.384 e. The molecule has 21 heteroatoms. The van der Waals surface area contributed by atoms with Gasteiger partial charge in [-0.05, 0) is 36.6 Å². The third-order valence-electron chi connectivity index (χ3n) is 7.12. The van der Waals surface area contributed by atoms with Crippen LogP contribution in [0, 0.1) is 11.8 Å². The van der Waals surface area contributed by atoms with Crippen molar-refractivity contribution in [2.45, 2.75) is 25.2 Å². The van der Waals surface area contributed by atoms with E-state index in [9.17, 15) is 31.1 Å². The number of hydrogen-bond acceptors (Lipinski definition) is 13. The lowest BCUT2D eigenvalue weighted by molar-refractivity contribution is -0.168. The second-order valence-corrected chi connectivity index (χ2v) is 11.3. The molecule has 4 aromatic rings. The largest absolute Gasteiger partial charge is 0.393 e. The normalized spacial score (nSPS) is 17.6. The van der Waals surface area contributed by atoms with Gasteiger partial charge in [0.25, 0.3) is 0 Å². The number of carbonyl (C=O) groups is 1. The van der Waals surface area contributed by atoms with Crippen LogP contribution in [-0.2, 0) is 4.79 Å². The summed E-state index contributed by atoms with van der Waals surface area (Å²) in [4.78, 5) is 45.1. The van der Waals surface area contributed by atoms with Crippen LogP contribution < -0.4 is 21.3 Å². The number of halogens is 8. The fourth-order valence-corrected chi connectivity index (χ4v) is 4.64. The molecule has 6 heterocycles. The Bertz CT molecular complexity index is 1570. The van der Waals surface area contributed by atoms with E-state index in [1.165, 1.54) is 47.0 Å². The van der Waals surface area contributed by atoms with Crippen LogP contribution in [0.5, 0.6) is 0 Å². The third-order valence-corrected chi connectivity index (χ3v) is 7.63. The molecule has 2 atom stereocenters. The molecule has 2 unspecified atom stereocenters. The van der Waals surface area contributed by atoms with Gasteiger partial charge in [-0.25, -0.2) is 39.9 Å². The third kappa shape index (κ3) is 10.7. The van der Waals surface area contributed by atoms with Gasteiger partial charge in [-0.3, -0.25) is 4.79 Å². The summed E-state index contributed by atoms with van der Waals surface area (Å²) in [5.74, 6) is -0.799. The summed E-state index contributed by atoms with van der Waals surface area (Å²) in [6.45, 7) is 0.353. The van der Waals surface area contributed by atoms with Crippen molar-refractivity contribution < 1.29 is 31.1 Å². The van der Waals surface area contributed by atoms with Crippen molar-refractivity contribution >= 4 is 52.0 Å². The first-order chi connectivity index (χ1) is 23.1. The summed E-state index contributed by atoms with van der Waals surface area (Å²) in [7, 11) is 0. The summed E-state index contributed by atoms with van der Waals surface area (Å²) < 4.78 is 76.1. The van der Waals surface area contributed by atoms with Gasteiger partial charge < -0.3 is 21.3 Å². The minimum atomic E-state index is -4.18. The van der Waals surface area contributed by atoms with Crippen LogP contribution >= 0.6 is 23.2 Å². The molecule has 0 saturated carbocycles. The number of nitrogen functional groups attached to an aromatic ring is 2. The SMILES string of the molecule is Nc1ccnc(-c2cnc(N3CCC(C(F)(F)F)C3)nc2)n1.Nc1ccnc(-c2cnc(N3CCC(C(F)(F)F)C3)nc2)n1.O=C(Cl)CCl. The van der Waals surface area contributed by atoms with Crippen molar-refractivity contribution in [3.05, 3.63) is 49.3 Å². The maximum absolute atomic E-state index is 12.7. The molecule has 0 aliphatic carbocycles. The van der Waals surface area contributed by atoms with E-state index in [1.54, 1.807) is 12.1 Å². The van der Waals surface area contributed by atoms with Crippen LogP contribution in [-0.4, -0.2) is 89.5 Å². The molecule has 4 aromatic heterocycles. The zero-order chi connectivity index (χ0) is 35.8. The molecule has 0 radical (unpaired) electrons. The number of nitrogens with two attached hydrogens (primary N) is 2. The molecule has 2 aliphatic rings. The van der Waals surface area contributed by atoms with E-state index in [-0.39, 0.29) is 56.8 Å². The predicted molar refractivity (Wildman–Crippen MR) is 169 cm³/mol. The topological polar surface area (TPSA) is 179 Å². The van der Waals surface area contributed by atoms with Crippen molar-refractivity contribution in [3.8, 4) is 22.8 Å². The van der Waals surface area contributed by atoms with E-state index in [0.717, 1.165) is 0 Å². The molecular weight excluding hydrogens is 705 g/mol. The Balaban J connectivity index is 0.000000194. The lowest BCUT2D eigenvalue weighted by atomic mass is 10.1. The standard InChI is InChI=1S/2C13H13F3N6.C2H2Cl2O/c2*14-13(15,16)9-2-4-22(7-9)12-19-5-8(6-20-12)11-18-3-1-10(17)21-11;3-1-2(4)5/h2*1,3,5-6,9H,2,4,7H2,(H2,17,18,21);1H2. The number of hydrogen-bond donors (Lipinski definition) is 2. The first-order valence-corrected chi connectivity index (χ1v) is 15.2. The van der Waals surface area contributed by atoms with Crippen molar-refractivity contribution in [2.75, 3.05) is 53.3 Å². The minimum absolute atomic E-state index is 0.0624. The number of carbonyl (C=O) groups excluding carboxylic acids is 1. The molecule has 0 amide bonds. The molecule has 2 saturated heterocycles. The van der Waals surface area contributed by atoms with Gasteiger partial charge in [0.15, 0.2) is 11.6 Å². The summed E-state index contributed by atoms with van der Waals surface area (Å²) in [6.07, 6.45) is 0.736. The lowest BCUT2D eigenvalue weighted by Crippen LogP contribution is -2.28. The molecule has 0 aromatic carbocycles. The maximum Gasteiger partial charge on any atom is 0.393 e. The van der Waals surface area contributed by atoms with Gasteiger partial charge in [0.1, 0.15) is 11.6 Å². The van der Waals surface area contributed by atoms with Crippen LogP contribution in [0.15, 0.2) is 49.3 Å². The monoisotopic (exact) mass is 732 g/mol. The fourth-order valence-electron chi connectivity index (χ4n) is 4.64. The fraction of sp³-hybridized carbons (Fsp3) is 0.393. The molecule has 13 nitrogen and oxygen atoms in total. The molecule has 4 N–H and O–H groups in total. The van der Waals surface area contributed by atoms with Gasteiger partial charge >= 0.3 is 12.4 Å². The predicted octanol–water partition coefficient (Wildman–Crippen LogP) is 4.80. The van der Waals surface area contributed by atoms with E-state index in [4.69, 9.17) is 34.7 Å². The number of anilines is 4. The summed E-state index contributed by atoms with van der Waals surface area (Å²) in [6, 6.07) is 3.11. The van der Waals surface area contributed by atoms with Crippen molar-refractivity contribution in [3.63, 3.8) is 0 Å². The van der Waals surface area contributed by atoms with Crippen LogP contribution in [0.25, 0.3) is 22.8 Å². The van der Waals surface area contributed by atoms with Gasteiger partial charge in [0, 0.05) is 63.4 Å². The van der Waals surface area contributed by atoms with Crippen LogP contribution in [0.2, 0.25) is 0 Å². The van der Waals surface area contributed by atoms with E-state index < -0.39 is 29.4 Å². The highest BCUT2D eigenvalue weighted by molar-refractivity contribution is 6.67. The Morgan fingerprint density at radius 1 is 0.714 bits per heavy atom. The molecule has 6 rings (SSSR count). The summed E-state index contributed by atoms with van der Waals surface area (Å²) >= 11 is 9.55. The van der Waals surface area contributed by atoms with Crippen molar-refractivity contribution in [1.82, 2.24) is 39.9 Å². The zero-order valence-electron chi connectivity index (χ0n) is 25.3. The Morgan fingerprint density at radius 2 is 1.06 bits per heavy atom. The average Bonchev–Trinajstić information content (AvgIpc) is 3.77. The molecular formula is C28H28Cl2F6N12O. The highest BCUT2D eigenvalue weighted by Crippen LogP contribution is 2.35. The first kappa shape index (κ1) is 37.2. The second-order valence-electron chi connectivity index (χ2n) is 10.6. The highest BCUT2D eigenvalue weighted by atomic mass is 35.5. The summed E-state index contributed by atoms with van der Waals surface area (Å²) in [5.41, 5.74) is 12.3. The van der Waals surface area contributed by atoms with Crippen LogP contribution in [0.1, 0.15) is 12.8 Å². The number of aromatic nitrogens is 8. The molecule has 2 fully saturated rings. The number of alkyl halides is 7. The van der Waals surface area contributed by atoms with Gasteiger partial charge in [0.2, 0.25) is 17.1 Å². The molecule has 49 heavy (non-hydrogen) atoms. The Hall–Kier alpha value is -4.65. The van der Waals surface area contributed by atoms with Crippen LogP contribution in [0.4, 0.5) is 49.9 Å². The first-order valence-electron chi connectivity index (χ1n) is 14.3. The van der Waals surface area contributed by atoms with E-state index in [2.05, 4.69) is 39.9 Å². The van der Waals surface area contributed by atoms with Crippen LogP contribution in [0.3, 0.4) is 0 Å².